The first-order chi connectivity index (χ1) is 9.70. The maximum absolute atomic E-state index is 11.7. The fourth-order valence-corrected chi connectivity index (χ4v) is 2.54. The fraction of sp³-hybridized carbons (Fsp3) is 0.154. The summed E-state index contributed by atoms with van der Waals surface area (Å²) in [5.41, 5.74) is 1.54. The van der Waals surface area contributed by atoms with Gasteiger partial charge in [-0.15, -0.1) is 0 Å². The average molecular weight is 287 g/mol. The molecule has 3 aromatic rings. The molecule has 0 aliphatic carbocycles. The summed E-state index contributed by atoms with van der Waals surface area (Å²) in [7, 11) is 0. The Morgan fingerprint density at radius 3 is 2.90 bits per heavy atom. The number of benzene rings is 1. The Balaban J connectivity index is 1.58. The summed E-state index contributed by atoms with van der Waals surface area (Å²) in [6.07, 6.45) is 1.82. The van der Waals surface area contributed by atoms with E-state index in [2.05, 4.69) is 20.7 Å². The molecule has 2 amide bonds. The second-order valence-corrected chi connectivity index (χ2v) is 5.41. The molecule has 102 valence electrons. The van der Waals surface area contributed by atoms with Crippen molar-refractivity contribution in [3.8, 4) is 0 Å². The van der Waals surface area contributed by atoms with Gasteiger partial charge in [0.15, 0.2) is 0 Å². The smallest absolute Gasteiger partial charge is 0.319 e. The number of rotatable bonds is 3. The van der Waals surface area contributed by atoms with Gasteiger partial charge in [-0.1, -0.05) is 29.5 Å². The predicted molar refractivity (Wildman–Crippen MR) is 77.9 cm³/mol. The lowest BCUT2D eigenvalue weighted by Gasteiger charge is -2.05. The summed E-state index contributed by atoms with van der Waals surface area (Å²) < 4.78 is 1.73. The summed E-state index contributed by atoms with van der Waals surface area (Å²) in [5.74, 6) is 0. The number of fused-ring (bicyclic) bond motifs is 1. The van der Waals surface area contributed by atoms with E-state index in [0.29, 0.717) is 6.54 Å². The van der Waals surface area contributed by atoms with Crippen LogP contribution in [0.4, 0.5) is 10.5 Å². The van der Waals surface area contributed by atoms with E-state index in [-0.39, 0.29) is 6.03 Å². The number of amides is 2. The van der Waals surface area contributed by atoms with Gasteiger partial charge < -0.3 is 10.6 Å². The van der Waals surface area contributed by atoms with Gasteiger partial charge >= 0.3 is 6.03 Å². The van der Waals surface area contributed by atoms with Gasteiger partial charge in [-0.2, -0.15) is 5.10 Å². The number of para-hydroxylation sites is 1. The number of anilines is 1. The van der Waals surface area contributed by atoms with E-state index in [1.807, 2.05) is 43.5 Å². The number of hydrogen-bond donors (Lipinski definition) is 2. The lowest BCUT2D eigenvalue weighted by Crippen LogP contribution is -2.28. The molecule has 1 aromatic carbocycles. The van der Waals surface area contributed by atoms with E-state index in [1.165, 1.54) is 11.3 Å². The van der Waals surface area contributed by atoms with Crippen LogP contribution in [0.3, 0.4) is 0 Å². The molecule has 0 radical (unpaired) electrons. The molecule has 0 saturated carbocycles. The molecule has 7 heteroatoms. The highest BCUT2D eigenvalue weighted by molar-refractivity contribution is 7.16. The first-order valence-corrected chi connectivity index (χ1v) is 6.94. The van der Waals surface area contributed by atoms with Crippen molar-refractivity contribution in [1.29, 1.82) is 0 Å². The molecule has 0 bridgehead atoms. The second-order valence-electron chi connectivity index (χ2n) is 4.25. The highest BCUT2D eigenvalue weighted by Crippen LogP contribution is 2.13. The molecule has 0 saturated heterocycles. The molecule has 6 nitrogen and oxygen atoms in total. The van der Waals surface area contributed by atoms with Gasteiger partial charge in [0.2, 0.25) is 4.96 Å². The van der Waals surface area contributed by atoms with E-state index in [9.17, 15) is 4.79 Å². The van der Waals surface area contributed by atoms with Crippen molar-refractivity contribution in [2.75, 3.05) is 5.32 Å². The maximum atomic E-state index is 11.7. The van der Waals surface area contributed by atoms with Gasteiger partial charge in [0.25, 0.3) is 0 Å². The summed E-state index contributed by atoms with van der Waals surface area (Å²) in [6, 6.07) is 9.05. The Bertz CT molecular complexity index is 702. The largest absolute Gasteiger partial charge is 0.332 e. The Labute approximate surface area is 119 Å². The summed E-state index contributed by atoms with van der Waals surface area (Å²) in [5, 5.41) is 10.8. The number of aromatic nitrogens is 3. The SMILES string of the molecule is Cc1nn2cc(CNC(=O)Nc3ccccc3)nc2s1. The maximum Gasteiger partial charge on any atom is 0.319 e. The van der Waals surface area contributed by atoms with Crippen molar-refractivity contribution < 1.29 is 4.79 Å². The zero-order valence-corrected chi connectivity index (χ0v) is 11.6. The minimum atomic E-state index is -0.253. The van der Waals surface area contributed by atoms with Gasteiger partial charge in [-0.3, -0.25) is 0 Å². The zero-order valence-electron chi connectivity index (χ0n) is 10.8. The second kappa shape index (κ2) is 5.30. The van der Waals surface area contributed by atoms with Crippen molar-refractivity contribution >= 4 is 28.0 Å². The van der Waals surface area contributed by atoms with Crippen LogP contribution >= 0.6 is 11.3 Å². The molecule has 0 aliphatic heterocycles. The highest BCUT2D eigenvalue weighted by atomic mass is 32.1. The van der Waals surface area contributed by atoms with Gasteiger partial charge in [-0.25, -0.2) is 14.3 Å². The van der Waals surface area contributed by atoms with Crippen LogP contribution in [0.1, 0.15) is 10.7 Å². The molecule has 2 aromatic heterocycles. The third-order valence-electron chi connectivity index (χ3n) is 2.66. The third kappa shape index (κ3) is 2.77. The minimum Gasteiger partial charge on any atom is -0.332 e. The minimum absolute atomic E-state index is 0.253. The quantitative estimate of drug-likeness (QED) is 0.777. The number of aryl methyl sites for hydroxylation is 1. The number of nitrogens with zero attached hydrogens (tertiary/aromatic N) is 3. The molecule has 2 heterocycles. The number of carbonyl (C=O) groups is 1. The van der Waals surface area contributed by atoms with Crippen LogP contribution in [-0.2, 0) is 6.54 Å². The fourth-order valence-electron chi connectivity index (χ4n) is 1.80. The third-order valence-corrected chi connectivity index (χ3v) is 3.49. The van der Waals surface area contributed by atoms with Crippen LogP contribution in [0.15, 0.2) is 36.5 Å². The normalized spacial score (nSPS) is 10.7. The molecule has 2 N–H and O–H groups in total. The molecular formula is C13H13N5OS. The summed E-state index contributed by atoms with van der Waals surface area (Å²) >= 11 is 1.52. The van der Waals surface area contributed by atoms with Crippen molar-refractivity contribution in [2.45, 2.75) is 13.5 Å². The van der Waals surface area contributed by atoms with Crippen LogP contribution in [0, 0.1) is 6.92 Å². The van der Waals surface area contributed by atoms with E-state index < -0.39 is 0 Å². The van der Waals surface area contributed by atoms with E-state index >= 15 is 0 Å². The molecule has 0 spiro atoms. The van der Waals surface area contributed by atoms with Crippen molar-refractivity contribution in [3.63, 3.8) is 0 Å². The molecule has 0 aliphatic rings. The molecule has 0 unspecified atom stereocenters. The Morgan fingerprint density at radius 2 is 2.15 bits per heavy atom. The van der Waals surface area contributed by atoms with E-state index in [1.54, 1.807) is 4.52 Å². The standard InChI is InChI=1S/C13H13N5OS/c1-9-17-18-8-11(16-13(18)20-9)7-14-12(19)15-10-5-3-2-4-6-10/h2-6,8H,7H2,1H3,(H2,14,15,19). The first-order valence-electron chi connectivity index (χ1n) is 6.12. The van der Waals surface area contributed by atoms with Crippen LogP contribution < -0.4 is 10.6 Å². The van der Waals surface area contributed by atoms with Crippen LogP contribution in [-0.4, -0.2) is 20.6 Å². The molecule has 20 heavy (non-hydrogen) atoms. The molecule has 0 fully saturated rings. The Hall–Kier alpha value is -2.41. The highest BCUT2D eigenvalue weighted by Gasteiger charge is 2.07. The lowest BCUT2D eigenvalue weighted by molar-refractivity contribution is 0.251. The van der Waals surface area contributed by atoms with Gasteiger partial charge in [0, 0.05) is 5.69 Å². The van der Waals surface area contributed by atoms with E-state index in [4.69, 9.17) is 0 Å². The zero-order chi connectivity index (χ0) is 13.9. The van der Waals surface area contributed by atoms with Crippen LogP contribution in [0.2, 0.25) is 0 Å². The van der Waals surface area contributed by atoms with Crippen molar-refractivity contribution in [3.05, 3.63) is 47.2 Å². The lowest BCUT2D eigenvalue weighted by atomic mass is 10.3. The number of hydrogen-bond acceptors (Lipinski definition) is 4. The Morgan fingerprint density at radius 1 is 1.35 bits per heavy atom. The number of carbonyl (C=O) groups excluding carboxylic acids is 1. The van der Waals surface area contributed by atoms with Crippen LogP contribution in [0.25, 0.3) is 4.96 Å². The number of imidazole rings is 1. The monoisotopic (exact) mass is 287 g/mol. The molecular weight excluding hydrogens is 274 g/mol. The summed E-state index contributed by atoms with van der Waals surface area (Å²) in [6.45, 7) is 2.30. The van der Waals surface area contributed by atoms with Gasteiger partial charge in [0.1, 0.15) is 5.01 Å². The summed E-state index contributed by atoms with van der Waals surface area (Å²) in [4.78, 5) is 16.9. The molecule has 3 rings (SSSR count). The first kappa shape index (κ1) is 12.6. The Kier molecular flexibility index (Phi) is 3.34. The van der Waals surface area contributed by atoms with Gasteiger partial charge in [-0.05, 0) is 19.1 Å². The average Bonchev–Trinajstić information content (AvgIpc) is 2.94. The number of urea groups is 1. The van der Waals surface area contributed by atoms with Gasteiger partial charge in [0.05, 0.1) is 18.4 Å². The molecule has 0 atom stereocenters. The van der Waals surface area contributed by atoms with E-state index in [0.717, 1.165) is 21.3 Å². The van der Waals surface area contributed by atoms with Crippen molar-refractivity contribution in [1.82, 2.24) is 19.9 Å². The number of nitrogens with one attached hydrogen (secondary N) is 2. The van der Waals surface area contributed by atoms with Crippen molar-refractivity contribution in [2.24, 2.45) is 0 Å². The van der Waals surface area contributed by atoms with Crippen LogP contribution in [0.5, 0.6) is 0 Å². The predicted octanol–water partition coefficient (Wildman–Crippen LogP) is 2.42. The topological polar surface area (TPSA) is 71.3 Å².